The van der Waals surface area contributed by atoms with Crippen LogP contribution in [-0.2, 0) is 5.41 Å². The van der Waals surface area contributed by atoms with E-state index in [2.05, 4.69) is 37.6 Å². The first kappa shape index (κ1) is 21.5. The highest BCUT2D eigenvalue weighted by Gasteiger charge is 2.42. The van der Waals surface area contributed by atoms with Gasteiger partial charge in [0, 0.05) is 30.1 Å². The molecule has 4 N–H and O–H groups in total. The molecule has 6 rings (SSSR count). The van der Waals surface area contributed by atoms with Gasteiger partial charge in [-0.25, -0.2) is 23.8 Å². The van der Waals surface area contributed by atoms with Crippen LogP contribution in [0.5, 0.6) is 0 Å². The number of urea groups is 1. The number of benzene rings is 1. The van der Waals surface area contributed by atoms with Crippen LogP contribution in [0.3, 0.4) is 0 Å². The van der Waals surface area contributed by atoms with Crippen LogP contribution in [0.2, 0.25) is 0 Å². The summed E-state index contributed by atoms with van der Waals surface area (Å²) in [6.07, 6.45) is 3.47. The van der Waals surface area contributed by atoms with E-state index >= 15 is 4.39 Å². The van der Waals surface area contributed by atoms with Gasteiger partial charge in [0.1, 0.15) is 23.7 Å². The number of hydrogen-bond donors (Lipinski definition) is 3. The van der Waals surface area contributed by atoms with Crippen molar-refractivity contribution >= 4 is 34.5 Å². The molecule has 1 saturated heterocycles. The summed E-state index contributed by atoms with van der Waals surface area (Å²) in [6.45, 7) is 3.75. The third-order valence-corrected chi connectivity index (χ3v) is 6.76. The van der Waals surface area contributed by atoms with E-state index in [1.54, 1.807) is 12.1 Å². The lowest BCUT2D eigenvalue weighted by atomic mass is 10.1. The lowest BCUT2D eigenvalue weighted by Gasteiger charge is -2.36. The van der Waals surface area contributed by atoms with Crippen LogP contribution in [0, 0.1) is 5.82 Å². The summed E-state index contributed by atoms with van der Waals surface area (Å²) in [6, 6.07) is 5.66. The number of fused-ring (bicyclic) bond motifs is 1. The highest BCUT2D eigenvalue weighted by atomic mass is 19.1. The lowest BCUT2D eigenvalue weighted by molar-refractivity contribution is 0.134. The third kappa shape index (κ3) is 3.75. The molecule has 2 aliphatic rings. The summed E-state index contributed by atoms with van der Waals surface area (Å²) in [5.41, 5.74) is 8.57. The first-order valence-corrected chi connectivity index (χ1v) is 11.3. The molecule has 3 aromatic heterocycles. The highest BCUT2D eigenvalue weighted by Crippen LogP contribution is 2.47. The van der Waals surface area contributed by atoms with E-state index in [1.165, 1.54) is 18.5 Å². The summed E-state index contributed by atoms with van der Waals surface area (Å²) in [4.78, 5) is 23.0. The predicted molar refractivity (Wildman–Crippen MR) is 127 cm³/mol. The second kappa shape index (κ2) is 7.73. The van der Waals surface area contributed by atoms with Gasteiger partial charge in [0.15, 0.2) is 5.65 Å². The van der Waals surface area contributed by atoms with Crippen LogP contribution < -0.4 is 16.4 Å². The average molecular weight is 478 g/mol. The molecule has 11 nitrogen and oxygen atoms in total. The number of hydrogen-bond acceptors (Lipinski definition) is 8. The standard InChI is InChI=1S/C23H24FN9O2/c1-23(5-6-23)16-8-17(35-31-16)29-22(34)28-15-4-3-12(7-14(15)24)19-18-20(25)26-11-27-21(18)33(30-19)13-9-32(2)10-13/h3-4,7-8,11,13H,5-6,9-10H2,1-2H3,(H2,25,26,27)(H2,28,29,34). The van der Waals surface area contributed by atoms with Crippen molar-refractivity contribution in [2.45, 2.75) is 31.2 Å². The fourth-order valence-electron chi connectivity index (χ4n) is 4.36. The van der Waals surface area contributed by atoms with Gasteiger partial charge in [-0.2, -0.15) is 5.10 Å². The van der Waals surface area contributed by atoms with E-state index in [0.717, 1.165) is 31.6 Å². The Bertz CT molecular complexity index is 1450. The Labute approximate surface area is 199 Å². The van der Waals surface area contributed by atoms with Crippen LogP contribution in [0.4, 0.5) is 26.6 Å². The van der Waals surface area contributed by atoms with E-state index in [9.17, 15) is 4.79 Å². The molecule has 0 spiro atoms. The molecule has 0 bridgehead atoms. The molecule has 1 aromatic carbocycles. The summed E-state index contributed by atoms with van der Waals surface area (Å²) in [5, 5.41) is 14.3. The van der Waals surface area contributed by atoms with Crippen LogP contribution in [0.1, 0.15) is 31.5 Å². The van der Waals surface area contributed by atoms with E-state index in [0.29, 0.717) is 22.3 Å². The number of nitrogen functional groups attached to an aromatic ring is 1. The molecule has 0 unspecified atom stereocenters. The van der Waals surface area contributed by atoms with Gasteiger partial charge in [-0.1, -0.05) is 18.1 Å². The number of nitrogens with zero attached hydrogens (tertiary/aromatic N) is 6. The minimum Gasteiger partial charge on any atom is -0.383 e. The second-order valence-electron chi connectivity index (χ2n) is 9.54. The van der Waals surface area contributed by atoms with Crippen molar-refractivity contribution in [3.63, 3.8) is 0 Å². The molecule has 2 amide bonds. The van der Waals surface area contributed by atoms with Crippen LogP contribution in [0.15, 0.2) is 35.1 Å². The molecule has 4 aromatic rings. The van der Waals surface area contributed by atoms with E-state index in [4.69, 9.17) is 15.4 Å². The maximum atomic E-state index is 15.0. The molecule has 35 heavy (non-hydrogen) atoms. The van der Waals surface area contributed by atoms with Gasteiger partial charge >= 0.3 is 6.03 Å². The molecular weight excluding hydrogens is 453 g/mol. The number of rotatable bonds is 5. The SMILES string of the molecule is CN1CC(n2nc(-c3ccc(NC(=O)Nc4cc(C5(C)CC5)no4)c(F)c3)c3c(N)ncnc32)C1. The third-order valence-electron chi connectivity index (χ3n) is 6.76. The number of anilines is 3. The number of nitrogens with one attached hydrogen (secondary N) is 2. The number of aromatic nitrogens is 5. The summed E-state index contributed by atoms with van der Waals surface area (Å²) >= 11 is 0. The van der Waals surface area contributed by atoms with Gasteiger partial charge in [-0.05, 0) is 32.0 Å². The molecule has 1 aliphatic heterocycles. The smallest absolute Gasteiger partial charge is 0.326 e. The zero-order valence-corrected chi connectivity index (χ0v) is 19.2. The molecule has 180 valence electrons. The maximum Gasteiger partial charge on any atom is 0.326 e. The minimum atomic E-state index is -0.637. The van der Waals surface area contributed by atoms with Gasteiger partial charge in [-0.15, -0.1) is 0 Å². The van der Waals surface area contributed by atoms with Crippen LogP contribution >= 0.6 is 0 Å². The Morgan fingerprint density at radius 3 is 2.74 bits per heavy atom. The largest absolute Gasteiger partial charge is 0.383 e. The van der Waals surface area contributed by atoms with Crippen molar-refractivity contribution in [3.8, 4) is 11.3 Å². The zero-order chi connectivity index (χ0) is 24.3. The quantitative estimate of drug-likeness (QED) is 0.397. The Morgan fingerprint density at radius 2 is 2.03 bits per heavy atom. The summed E-state index contributed by atoms with van der Waals surface area (Å²) in [5.74, 6) is -0.142. The fraction of sp³-hybridized carbons (Fsp3) is 0.348. The minimum absolute atomic E-state index is 0.00808. The van der Waals surface area contributed by atoms with Crippen molar-refractivity contribution in [3.05, 3.63) is 42.1 Å². The molecule has 1 aliphatic carbocycles. The summed E-state index contributed by atoms with van der Waals surface area (Å²) < 4.78 is 22.0. The van der Waals surface area contributed by atoms with Gasteiger partial charge in [0.2, 0.25) is 5.88 Å². The predicted octanol–water partition coefficient (Wildman–Crippen LogP) is 3.38. The summed E-state index contributed by atoms with van der Waals surface area (Å²) in [7, 11) is 2.03. The molecule has 0 atom stereocenters. The number of likely N-dealkylation sites (tertiary alicyclic amines) is 1. The van der Waals surface area contributed by atoms with Crippen molar-refractivity contribution in [1.82, 2.24) is 29.8 Å². The van der Waals surface area contributed by atoms with E-state index < -0.39 is 11.8 Å². The first-order chi connectivity index (χ1) is 16.8. The number of carbonyl (C=O) groups is 1. The van der Waals surface area contributed by atoms with Crippen molar-refractivity contribution in [2.75, 3.05) is 36.5 Å². The molecule has 0 radical (unpaired) electrons. The highest BCUT2D eigenvalue weighted by molar-refractivity contribution is 6.00. The normalized spacial score (nSPS) is 17.3. The van der Waals surface area contributed by atoms with Gasteiger partial charge < -0.3 is 20.5 Å². The van der Waals surface area contributed by atoms with Crippen molar-refractivity contribution < 1.29 is 13.7 Å². The lowest BCUT2D eigenvalue weighted by Crippen LogP contribution is -2.45. The number of nitrogens with two attached hydrogens (primary N) is 1. The molecule has 2 fully saturated rings. The van der Waals surface area contributed by atoms with Crippen LogP contribution in [-0.4, -0.2) is 56.0 Å². The Hall–Kier alpha value is -4.06. The van der Waals surface area contributed by atoms with Crippen LogP contribution in [0.25, 0.3) is 22.3 Å². The maximum absolute atomic E-state index is 15.0. The Morgan fingerprint density at radius 1 is 1.23 bits per heavy atom. The molecule has 1 saturated carbocycles. The van der Waals surface area contributed by atoms with Gasteiger partial charge in [0.25, 0.3) is 0 Å². The fourth-order valence-corrected chi connectivity index (χ4v) is 4.36. The number of carbonyl (C=O) groups excluding carboxylic acids is 1. The van der Waals surface area contributed by atoms with E-state index in [1.807, 2.05) is 11.7 Å². The van der Waals surface area contributed by atoms with E-state index in [-0.39, 0.29) is 28.8 Å². The Kier molecular flexibility index (Phi) is 4.74. The van der Waals surface area contributed by atoms with Gasteiger partial charge in [0.05, 0.1) is 22.8 Å². The number of halogens is 1. The average Bonchev–Trinajstić information content (AvgIpc) is 3.21. The molecule has 4 heterocycles. The number of amides is 2. The molecule has 12 heteroatoms. The number of likely N-dealkylation sites (N-methyl/N-ethyl adjacent to an activating group) is 1. The van der Waals surface area contributed by atoms with Crippen molar-refractivity contribution in [1.29, 1.82) is 0 Å². The topological polar surface area (TPSA) is 140 Å². The monoisotopic (exact) mass is 477 g/mol. The zero-order valence-electron chi connectivity index (χ0n) is 19.2. The second-order valence-corrected chi connectivity index (χ2v) is 9.54. The molecular formula is C23H24FN9O2. The van der Waals surface area contributed by atoms with Gasteiger partial charge in [-0.3, -0.25) is 5.32 Å². The van der Waals surface area contributed by atoms with Crippen molar-refractivity contribution in [2.24, 2.45) is 0 Å². The Balaban J connectivity index is 1.24. The first-order valence-electron chi connectivity index (χ1n) is 11.3.